The van der Waals surface area contributed by atoms with Crippen LogP contribution in [0.1, 0.15) is 24.9 Å². The molecular weight excluding hydrogens is 254 g/mol. The third-order valence-corrected chi connectivity index (χ3v) is 4.64. The molecule has 2 N–H and O–H groups in total. The van der Waals surface area contributed by atoms with Gasteiger partial charge in [-0.2, -0.15) is 11.8 Å². The number of nitrogens with one attached hydrogen (secondary N) is 1. The second kappa shape index (κ2) is 5.61. The maximum absolute atomic E-state index is 10.2. The van der Waals surface area contributed by atoms with Crippen molar-refractivity contribution in [3.05, 3.63) is 34.9 Å². The van der Waals surface area contributed by atoms with Crippen molar-refractivity contribution in [1.29, 1.82) is 0 Å². The first kappa shape index (κ1) is 13.2. The fraction of sp³-hybridized carbons (Fsp3) is 0.538. The number of aliphatic hydroxyl groups is 1. The highest BCUT2D eigenvalue weighted by atomic mass is 35.5. The van der Waals surface area contributed by atoms with E-state index in [2.05, 4.69) is 18.3 Å². The Kier molecular flexibility index (Phi) is 4.36. The predicted molar refractivity (Wildman–Crippen MR) is 74.8 cm³/mol. The van der Waals surface area contributed by atoms with Gasteiger partial charge in [0.25, 0.3) is 0 Å². The van der Waals surface area contributed by atoms with Crippen LogP contribution in [0.3, 0.4) is 0 Å². The summed E-state index contributed by atoms with van der Waals surface area (Å²) in [5.41, 5.74) is 0.629. The molecule has 1 aromatic rings. The van der Waals surface area contributed by atoms with Crippen molar-refractivity contribution in [3.63, 3.8) is 0 Å². The Morgan fingerprint density at radius 3 is 3.06 bits per heavy atom. The van der Waals surface area contributed by atoms with Gasteiger partial charge in [-0.25, -0.2) is 0 Å². The van der Waals surface area contributed by atoms with Gasteiger partial charge >= 0.3 is 0 Å². The summed E-state index contributed by atoms with van der Waals surface area (Å²) >= 11 is 7.78. The SMILES string of the molecule is CC(NCC1(O)CCSC1)c1cccc(Cl)c1. The van der Waals surface area contributed by atoms with Crippen LogP contribution in [0.15, 0.2) is 24.3 Å². The van der Waals surface area contributed by atoms with Gasteiger partial charge in [0, 0.05) is 23.4 Å². The first-order chi connectivity index (χ1) is 8.09. The zero-order chi connectivity index (χ0) is 12.3. The van der Waals surface area contributed by atoms with E-state index < -0.39 is 5.60 Å². The summed E-state index contributed by atoms with van der Waals surface area (Å²) in [6.45, 7) is 2.74. The van der Waals surface area contributed by atoms with E-state index in [9.17, 15) is 5.11 Å². The Bertz CT molecular complexity index is 379. The molecule has 1 aromatic carbocycles. The molecule has 0 aromatic heterocycles. The summed E-state index contributed by atoms with van der Waals surface area (Å²) in [5.74, 6) is 1.89. The molecule has 4 heteroatoms. The molecule has 2 nitrogen and oxygen atoms in total. The number of hydrogen-bond donors (Lipinski definition) is 2. The average molecular weight is 272 g/mol. The van der Waals surface area contributed by atoms with E-state index in [1.165, 1.54) is 0 Å². The molecule has 1 saturated heterocycles. The molecule has 0 amide bonds. The maximum atomic E-state index is 10.2. The molecule has 2 atom stereocenters. The van der Waals surface area contributed by atoms with Crippen molar-refractivity contribution in [2.24, 2.45) is 0 Å². The first-order valence-corrected chi connectivity index (χ1v) is 7.41. The molecule has 1 aliphatic rings. The largest absolute Gasteiger partial charge is 0.388 e. The Hall–Kier alpha value is -0.220. The lowest BCUT2D eigenvalue weighted by Gasteiger charge is -2.24. The minimum Gasteiger partial charge on any atom is -0.388 e. The monoisotopic (exact) mass is 271 g/mol. The van der Waals surface area contributed by atoms with Crippen molar-refractivity contribution in [3.8, 4) is 0 Å². The van der Waals surface area contributed by atoms with Crippen LogP contribution in [0.5, 0.6) is 0 Å². The summed E-state index contributed by atoms with van der Waals surface area (Å²) in [6.07, 6.45) is 0.882. The van der Waals surface area contributed by atoms with Crippen LogP contribution in [0.4, 0.5) is 0 Å². The van der Waals surface area contributed by atoms with Crippen molar-refractivity contribution < 1.29 is 5.11 Å². The first-order valence-electron chi connectivity index (χ1n) is 5.88. The third kappa shape index (κ3) is 3.62. The number of halogens is 1. The highest BCUT2D eigenvalue weighted by Crippen LogP contribution is 2.28. The summed E-state index contributed by atoms with van der Waals surface area (Å²) in [4.78, 5) is 0. The average Bonchev–Trinajstić information content (AvgIpc) is 2.74. The smallest absolute Gasteiger partial charge is 0.0869 e. The van der Waals surface area contributed by atoms with E-state index in [1.54, 1.807) is 0 Å². The summed E-state index contributed by atoms with van der Waals surface area (Å²) in [6, 6.07) is 8.06. The Labute approximate surface area is 112 Å². The van der Waals surface area contributed by atoms with Gasteiger partial charge in [0.05, 0.1) is 5.60 Å². The third-order valence-electron chi connectivity index (χ3n) is 3.17. The van der Waals surface area contributed by atoms with Crippen LogP contribution in [-0.4, -0.2) is 28.8 Å². The molecule has 17 heavy (non-hydrogen) atoms. The molecule has 0 radical (unpaired) electrons. The minimum atomic E-state index is -0.530. The molecule has 2 unspecified atom stereocenters. The van der Waals surface area contributed by atoms with E-state index in [-0.39, 0.29) is 6.04 Å². The molecule has 0 saturated carbocycles. The second-order valence-electron chi connectivity index (χ2n) is 4.68. The van der Waals surface area contributed by atoms with Crippen LogP contribution >= 0.6 is 23.4 Å². The van der Waals surface area contributed by atoms with Crippen molar-refractivity contribution in [2.75, 3.05) is 18.1 Å². The van der Waals surface area contributed by atoms with Crippen molar-refractivity contribution in [1.82, 2.24) is 5.32 Å². The molecule has 1 heterocycles. The van der Waals surface area contributed by atoms with Gasteiger partial charge in [-0.05, 0) is 36.8 Å². The molecule has 0 aliphatic carbocycles. The highest BCUT2D eigenvalue weighted by molar-refractivity contribution is 7.99. The van der Waals surface area contributed by atoms with Gasteiger partial charge in [-0.1, -0.05) is 23.7 Å². The Morgan fingerprint density at radius 2 is 2.41 bits per heavy atom. The summed E-state index contributed by atoms with van der Waals surface area (Å²) in [7, 11) is 0. The predicted octanol–water partition coefficient (Wildman–Crippen LogP) is 2.86. The maximum Gasteiger partial charge on any atom is 0.0869 e. The van der Waals surface area contributed by atoms with Crippen LogP contribution in [0.25, 0.3) is 0 Å². The van der Waals surface area contributed by atoms with Gasteiger partial charge in [-0.15, -0.1) is 0 Å². The van der Waals surface area contributed by atoms with E-state index in [0.717, 1.165) is 28.5 Å². The highest BCUT2D eigenvalue weighted by Gasteiger charge is 2.31. The van der Waals surface area contributed by atoms with Gasteiger partial charge < -0.3 is 10.4 Å². The minimum absolute atomic E-state index is 0.211. The van der Waals surface area contributed by atoms with Gasteiger partial charge in [0.15, 0.2) is 0 Å². The quantitative estimate of drug-likeness (QED) is 0.883. The van der Waals surface area contributed by atoms with Crippen molar-refractivity contribution in [2.45, 2.75) is 25.0 Å². The van der Waals surface area contributed by atoms with Crippen LogP contribution in [0, 0.1) is 0 Å². The number of rotatable bonds is 4. The van der Waals surface area contributed by atoms with Crippen LogP contribution in [-0.2, 0) is 0 Å². The molecule has 0 bridgehead atoms. The lowest BCUT2D eigenvalue weighted by molar-refractivity contribution is 0.0651. The van der Waals surface area contributed by atoms with Gasteiger partial charge in [-0.3, -0.25) is 0 Å². The van der Waals surface area contributed by atoms with Crippen molar-refractivity contribution >= 4 is 23.4 Å². The van der Waals surface area contributed by atoms with Crippen LogP contribution in [0.2, 0.25) is 5.02 Å². The number of hydrogen-bond acceptors (Lipinski definition) is 3. The molecular formula is C13H18ClNOS. The second-order valence-corrected chi connectivity index (χ2v) is 6.23. The Morgan fingerprint density at radius 1 is 1.59 bits per heavy atom. The standard InChI is InChI=1S/C13H18ClNOS/c1-10(11-3-2-4-12(14)7-11)15-8-13(16)5-6-17-9-13/h2-4,7,10,15-16H,5-6,8-9H2,1H3. The fourth-order valence-electron chi connectivity index (χ4n) is 1.97. The lowest BCUT2D eigenvalue weighted by Crippen LogP contribution is -2.41. The molecule has 0 spiro atoms. The number of benzene rings is 1. The zero-order valence-corrected chi connectivity index (χ0v) is 11.5. The number of thioether (sulfide) groups is 1. The molecule has 2 rings (SSSR count). The van der Waals surface area contributed by atoms with Gasteiger partial charge in [0.2, 0.25) is 0 Å². The van der Waals surface area contributed by atoms with Crippen LogP contribution < -0.4 is 5.32 Å². The fourth-order valence-corrected chi connectivity index (χ4v) is 3.47. The van der Waals surface area contributed by atoms with E-state index in [0.29, 0.717) is 6.54 Å². The summed E-state index contributed by atoms with van der Waals surface area (Å²) < 4.78 is 0. The van der Waals surface area contributed by atoms with E-state index in [1.807, 2.05) is 30.0 Å². The lowest BCUT2D eigenvalue weighted by atomic mass is 10.0. The Balaban J connectivity index is 1.91. The van der Waals surface area contributed by atoms with Gasteiger partial charge in [0.1, 0.15) is 0 Å². The topological polar surface area (TPSA) is 32.3 Å². The normalized spacial score (nSPS) is 26.1. The van der Waals surface area contributed by atoms with E-state index in [4.69, 9.17) is 11.6 Å². The zero-order valence-electron chi connectivity index (χ0n) is 9.95. The molecule has 1 fully saturated rings. The molecule has 94 valence electrons. The molecule has 1 aliphatic heterocycles. The summed E-state index contributed by atoms with van der Waals surface area (Å²) in [5, 5.41) is 14.4. The van der Waals surface area contributed by atoms with E-state index >= 15 is 0 Å².